The number of fused-ring (bicyclic) bond motifs is 1. The third-order valence-electron chi connectivity index (χ3n) is 5.41. The van der Waals surface area contributed by atoms with Gasteiger partial charge in [0.05, 0.1) is 28.6 Å². The molecule has 2 aromatic rings. The zero-order chi connectivity index (χ0) is 22.8. The minimum Gasteiger partial charge on any atom is -0.492 e. The van der Waals surface area contributed by atoms with E-state index in [9.17, 15) is 24.9 Å². The lowest BCUT2D eigenvalue weighted by molar-refractivity contribution is -0.385. The van der Waals surface area contributed by atoms with Crippen molar-refractivity contribution in [2.45, 2.75) is 29.1 Å². The van der Waals surface area contributed by atoms with Crippen molar-refractivity contribution in [2.75, 3.05) is 7.11 Å². The van der Waals surface area contributed by atoms with Crippen LogP contribution in [0.15, 0.2) is 32.3 Å². The fourth-order valence-corrected chi connectivity index (χ4v) is 5.45. The summed E-state index contributed by atoms with van der Waals surface area (Å²) in [6, 6.07) is 0.814. The molecule has 2 unspecified atom stereocenters. The maximum atomic E-state index is 12.8. The molecule has 1 aromatic carbocycles. The van der Waals surface area contributed by atoms with Crippen molar-refractivity contribution >= 4 is 31.9 Å². The van der Waals surface area contributed by atoms with Crippen LogP contribution in [0.2, 0.25) is 0 Å². The van der Waals surface area contributed by atoms with Crippen LogP contribution in [0.4, 0.5) is 0 Å². The molecule has 0 radical (unpaired) electrons. The lowest BCUT2D eigenvalue weighted by Crippen LogP contribution is -2.40. The number of ether oxygens (including phenoxy) is 3. The summed E-state index contributed by atoms with van der Waals surface area (Å²) in [7, 11) is 4.22. The topological polar surface area (TPSA) is 137 Å². The van der Waals surface area contributed by atoms with E-state index in [1.165, 1.54) is 42.7 Å². The fourth-order valence-electron chi connectivity index (χ4n) is 3.95. The Morgan fingerprint density at radius 3 is 2.42 bits per heavy atom. The van der Waals surface area contributed by atoms with Crippen molar-refractivity contribution in [1.29, 1.82) is 0 Å². The molecule has 0 saturated carbocycles. The molecule has 4 atom stereocenters. The second-order valence-electron chi connectivity index (χ2n) is 7.22. The molecule has 13 heteroatoms. The van der Waals surface area contributed by atoms with Gasteiger partial charge < -0.3 is 19.3 Å². The van der Waals surface area contributed by atoms with E-state index in [0.29, 0.717) is 10.0 Å². The van der Waals surface area contributed by atoms with E-state index in [1.54, 1.807) is 6.08 Å². The first-order valence-corrected chi connectivity index (χ1v) is 10.8. The number of allylic oxidation sites excluding steroid dienone is 1. The van der Waals surface area contributed by atoms with Crippen LogP contribution >= 0.6 is 31.9 Å². The van der Waals surface area contributed by atoms with Gasteiger partial charge in [0.15, 0.2) is 11.5 Å². The van der Waals surface area contributed by atoms with Crippen LogP contribution in [-0.4, -0.2) is 53.5 Å². The van der Waals surface area contributed by atoms with Gasteiger partial charge >= 0.3 is 17.5 Å². The van der Waals surface area contributed by atoms with Gasteiger partial charge in [-0.3, -0.25) is 10.2 Å². The number of benzene rings is 1. The Balaban J connectivity index is 1.96. The van der Waals surface area contributed by atoms with Gasteiger partial charge in [0.25, 0.3) is 0 Å². The molecule has 2 aliphatic rings. The summed E-state index contributed by atoms with van der Waals surface area (Å²) in [6.45, 7) is 0. The number of alkyl halides is 1. The summed E-state index contributed by atoms with van der Waals surface area (Å²) < 4.78 is 19.3. The Hall–Kier alpha value is -2.06. The first kappa shape index (κ1) is 22.1. The zero-order valence-electron chi connectivity index (χ0n) is 16.5. The molecule has 0 fully saturated rings. The highest BCUT2D eigenvalue weighted by Crippen LogP contribution is 2.54. The number of aromatic nitrogens is 3. The van der Waals surface area contributed by atoms with Crippen LogP contribution < -0.4 is 25.6 Å². The van der Waals surface area contributed by atoms with Gasteiger partial charge in [0.1, 0.15) is 0 Å². The third kappa shape index (κ3) is 3.35. The lowest BCUT2D eigenvalue weighted by Gasteiger charge is -2.36. The van der Waals surface area contributed by atoms with Crippen LogP contribution in [-0.2, 0) is 14.1 Å². The van der Waals surface area contributed by atoms with Gasteiger partial charge in [-0.15, -0.1) is 0 Å². The van der Waals surface area contributed by atoms with Gasteiger partial charge in [-0.1, -0.05) is 28.1 Å². The Labute approximate surface area is 191 Å². The second-order valence-corrected chi connectivity index (χ2v) is 9.07. The maximum Gasteiger partial charge on any atom is 0.505 e. The first-order chi connectivity index (χ1) is 14.5. The van der Waals surface area contributed by atoms with Crippen LogP contribution in [0.3, 0.4) is 0 Å². The van der Waals surface area contributed by atoms with Gasteiger partial charge in [0, 0.05) is 20.0 Å². The van der Waals surface area contributed by atoms with Crippen LogP contribution in [0.5, 0.6) is 17.2 Å². The highest BCUT2D eigenvalue weighted by Gasteiger charge is 2.45. The maximum absolute atomic E-state index is 12.8. The summed E-state index contributed by atoms with van der Waals surface area (Å²) in [4.78, 5) is 24.5. The Morgan fingerprint density at radius 2 is 1.84 bits per heavy atom. The lowest BCUT2D eigenvalue weighted by atomic mass is 9.82. The molecule has 0 saturated heterocycles. The van der Waals surface area contributed by atoms with Crippen LogP contribution in [0.1, 0.15) is 17.5 Å². The van der Waals surface area contributed by atoms with E-state index >= 15 is 0 Å². The zero-order valence-corrected chi connectivity index (χ0v) is 19.7. The van der Waals surface area contributed by atoms with Crippen molar-refractivity contribution in [2.24, 2.45) is 14.1 Å². The average Bonchev–Trinajstić information content (AvgIpc) is 3.11. The Bertz CT molecular complexity index is 1200. The monoisotopic (exact) mass is 563 g/mol. The molecule has 4 rings (SSSR count). The number of hydrogen-bond acceptors (Lipinski definition) is 8. The first-order valence-electron chi connectivity index (χ1n) is 9.06. The molecule has 1 aliphatic carbocycles. The number of halogens is 2. The predicted octanol–water partition coefficient (Wildman–Crippen LogP) is 0.0428. The van der Waals surface area contributed by atoms with E-state index in [0.717, 1.165) is 4.57 Å². The summed E-state index contributed by atoms with van der Waals surface area (Å²) >= 11 is 6.97. The normalized spacial score (nSPS) is 26.3. The van der Waals surface area contributed by atoms with Gasteiger partial charge in [0.2, 0.25) is 5.75 Å². The molecular weight excluding hydrogens is 546 g/mol. The largest absolute Gasteiger partial charge is 0.505 e. The Morgan fingerprint density at radius 1 is 1.16 bits per heavy atom. The molecular formula is C18H19Br2N3O8. The van der Waals surface area contributed by atoms with Crippen molar-refractivity contribution in [3.05, 3.63) is 49.2 Å². The van der Waals surface area contributed by atoms with Crippen molar-refractivity contribution in [3.63, 3.8) is 0 Å². The predicted molar refractivity (Wildman–Crippen MR) is 114 cm³/mol. The molecule has 0 amide bonds. The molecule has 11 nitrogen and oxygen atoms in total. The number of rotatable bonds is 3. The van der Waals surface area contributed by atoms with Crippen molar-refractivity contribution in [1.82, 2.24) is 13.9 Å². The van der Waals surface area contributed by atoms with Crippen molar-refractivity contribution in [3.8, 4) is 17.2 Å². The summed E-state index contributed by atoms with van der Waals surface area (Å²) in [5.74, 6) is -0.511. The Kier molecular flexibility index (Phi) is 5.37. The van der Waals surface area contributed by atoms with Crippen molar-refractivity contribution < 1.29 is 29.5 Å². The molecule has 2 heterocycles. The highest BCUT2D eigenvalue weighted by molar-refractivity contribution is 9.10. The molecule has 1 aliphatic heterocycles. The number of aliphatic hydroxyl groups excluding tert-OH is 1. The standard InChI is InChI=1S/C18H19Br2N3O8/c1-21-16(25)22(2)23(17(21)26)8-4-5-9(24)13(20)11(8)7-6-10-14(15(29-3)12(7)19)31-18(27,28)30-10/h4-6,8-9,11,13,24,27-28H,1-3H3/t8-,9+,11?,13?/m0/s1. The number of nitrogens with zero attached hydrogens (tertiary/aromatic N) is 3. The summed E-state index contributed by atoms with van der Waals surface area (Å²) in [6.07, 6.45) is -0.599. The molecule has 168 valence electrons. The smallest absolute Gasteiger partial charge is 0.492 e. The van der Waals surface area contributed by atoms with Gasteiger partial charge in [-0.25, -0.2) is 23.5 Å². The van der Waals surface area contributed by atoms with E-state index in [2.05, 4.69) is 31.9 Å². The third-order valence-corrected chi connectivity index (χ3v) is 7.33. The van der Waals surface area contributed by atoms with E-state index in [1.807, 2.05) is 0 Å². The molecule has 31 heavy (non-hydrogen) atoms. The minimum atomic E-state index is -2.87. The molecule has 3 N–H and O–H groups in total. The van der Waals surface area contributed by atoms with Gasteiger partial charge in [-0.2, -0.15) is 0 Å². The molecule has 1 aromatic heterocycles. The van der Waals surface area contributed by atoms with E-state index in [-0.39, 0.29) is 17.2 Å². The summed E-state index contributed by atoms with van der Waals surface area (Å²) in [5, 5.41) is 30.0. The quantitative estimate of drug-likeness (QED) is 0.270. The highest BCUT2D eigenvalue weighted by atomic mass is 79.9. The van der Waals surface area contributed by atoms with Crippen LogP contribution in [0.25, 0.3) is 0 Å². The van der Waals surface area contributed by atoms with Crippen LogP contribution in [0, 0.1) is 0 Å². The minimum absolute atomic E-state index is 0.00293. The second kappa shape index (κ2) is 7.52. The van der Waals surface area contributed by atoms with E-state index < -0.39 is 40.4 Å². The van der Waals surface area contributed by atoms with E-state index in [4.69, 9.17) is 14.2 Å². The average molecular weight is 565 g/mol. The van der Waals surface area contributed by atoms with Gasteiger partial charge in [-0.05, 0) is 27.6 Å². The molecule has 0 spiro atoms. The fraction of sp³-hybridized carbons (Fsp3) is 0.444. The number of aliphatic hydroxyl groups is 3. The molecule has 0 bridgehead atoms. The number of methoxy groups -OCH3 is 1. The number of hydrogen-bond donors (Lipinski definition) is 3. The SMILES string of the molecule is COc1c(Br)c(C2C(Br)[C@H](O)C=C[C@@H]2n2c(=O)n(C)c(=O)n2C)cc2c1OC(O)(O)O2. The summed E-state index contributed by atoms with van der Waals surface area (Å²) in [5.41, 5.74) is -0.519.